The van der Waals surface area contributed by atoms with Gasteiger partial charge in [-0.2, -0.15) is 15.0 Å². The third-order valence-electron chi connectivity index (χ3n) is 3.25. The first kappa shape index (κ1) is 15.3. The molecule has 8 heteroatoms. The van der Waals surface area contributed by atoms with Gasteiger partial charge in [-0.3, -0.25) is 4.79 Å². The molecule has 2 rings (SSSR count). The second-order valence-corrected chi connectivity index (χ2v) is 4.85. The summed E-state index contributed by atoms with van der Waals surface area (Å²) in [5.74, 6) is 0.798. The number of nitrogens with zero attached hydrogens (tertiary/aromatic N) is 4. The van der Waals surface area contributed by atoms with Crippen LogP contribution < -0.4 is 15.4 Å². The summed E-state index contributed by atoms with van der Waals surface area (Å²) in [6.45, 7) is 5.79. The summed E-state index contributed by atoms with van der Waals surface area (Å²) in [7, 11) is 1.72. The number of ether oxygens (including phenoxy) is 1. The largest absolute Gasteiger partial charge is 0.464 e. The van der Waals surface area contributed by atoms with Crippen molar-refractivity contribution in [2.45, 2.75) is 32.7 Å². The Hall–Kier alpha value is -2.12. The van der Waals surface area contributed by atoms with Crippen molar-refractivity contribution >= 4 is 17.8 Å². The van der Waals surface area contributed by atoms with E-state index in [0.29, 0.717) is 18.5 Å². The number of amides is 1. The number of carbonyl (C=O) groups is 1. The molecule has 8 nitrogen and oxygen atoms in total. The van der Waals surface area contributed by atoms with E-state index in [9.17, 15) is 4.79 Å². The highest BCUT2D eigenvalue weighted by Crippen LogP contribution is 2.14. The smallest absolute Gasteiger partial charge is 0.323 e. The van der Waals surface area contributed by atoms with Gasteiger partial charge in [0.2, 0.25) is 17.8 Å². The van der Waals surface area contributed by atoms with Crippen LogP contribution in [0.25, 0.3) is 0 Å². The van der Waals surface area contributed by atoms with Crippen molar-refractivity contribution in [2.75, 3.05) is 37.4 Å². The van der Waals surface area contributed by atoms with Crippen LogP contribution in [-0.2, 0) is 4.79 Å². The lowest BCUT2D eigenvalue weighted by molar-refractivity contribution is -0.130. The number of carbonyl (C=O) groups excluding carboxylic acids is 1. The van der Waals surface area contributed by atoms with E-state index in [1.54, 1.807) is 7.05 Å². The van der Waals surface area contributed by atoms with Gasteiger partial charge in [0, 0.05) is 20.1 Å². The molecule has 1 aromatic heterocycles. The van der Waals surface area contributed by atoms with Crippen LogP contribution in [0.2, 0.25) is 0 Å². The van der Waals surface area contributed by atoms with Gasteiger partial charge in [-0.1, -0.05) is 0 Å². The molecule has 0 bridgehead atoms. The molecule has 1 amide bonds. The van der Waals surface area contributed by atoms with E-state index in [1.165, 1.54) is 0 Å². The lowest BCUT2D eigenvalue weighted by Crippen LogP contribution is -2.40. The average Bonchev–Trinajstić information content (AvgIpc) is 3.00. The Bertz CT molecular complexity index is 490. The Morgan fingerprint density at radius 1 is 1.29 bits per heavy atom. The minimum atomic E-state index is -0.385. The van der Waals surface area contributed by atoms with Gasteiger partial charge < -0.3 is 20.3 Å². The van der Waals surface area contributed by atoms with Crippen molar-refractivity contribution in [1.29, 1.82) is 0 Å². The van der Waals surface area contributed by atoms with Gasteiger partial charge in [0.05, 0.1) is 6.61 Å². The molecular formula is C13H22N6O2. The Kier molecular flexibility index (Phi) is 5.13. The van der Waals surface area contributed by atoms with Crippen LogP contribution in [0.4, 0.5) is 11.9 Å². The molecule has 0 radical (unpaired) electrons. The minimum Gasteiger partial charge on any atom is -0.464 e. The SMILES string of the molecule is CCOc1nc(NC)nc(NC(C)C(=O)N2CCCC2)n1. The van der Waals surface area contributed by atoms with Crippen LogP contribution in [0.5, 0.6) is 6.01 Å². The first-order valence-corrected chi connectivity index (χ1v) is 7.26. The second kappa shape index (κ2) is 7.05. The Labute approximate surface area is 124 Å². The quantitative estimate of drug-likeness (QED) is 0.799. The van der Waals surface area contributed by atoms with E-state index >= 15 is 0 Å². The zero-order valence-electron chi connectivity index (χ0n) is 12.7. The summed E-state index contributed by atoms with van der Waals surface area (Å²) in [5, 5.41) is 5.86. The zero-order valence-corrected chi connectivity index (χ0v) is 12.7. The van der Waals surface area contributed by atoms with Crippen LogP contribution in [0.1, 0.15) is 26.7 Å². The van der Waals surface area contributed by atoms with Crippen LogP contribution in [0.15, 0.2) is 0 Å². The minimum absolute atomic E-state index is 0.0666. The highest BCUT2D eigenvalue weighted by Gasteiger charge is 2.24. The van der Waals surface area contributed by atoms with Crippen LogP contribution >= 0.6 is 0 Å². The predicted molar refractivity (Wildman–Crippen MR) is 79.4 cm³/mol. The summed E-state index contributed by atoms with van der Waals surface area (Å²) < 4.78 is 5.29. The zero-order chi connectivity index (χ0) is 15.2. The molecule has 1 fully saturated rings. The first-order valence-electron chi connectivity index (χ1n) is 7.26. The molecule has 1 unspecified atom stereocenters. The Morgan fingerprint density at radius 2 is 1.95 bits per heavy atom. The molecule has 0 aromatic carbocycles. The van der Waals surface area contributed by atoms with Crippen molar-refractivity contribution in [3.8, 4) is 6.01 Å². The number of anilines is 2. The van der Waals surface area contributed by atoms with E-state index in [-0.39, 0.29) is 18.0 Å². The van der Waals surface area contributed by atoms with Gasteiger partial charge in [0.1, 0.15) is 6.04 Å². The molecule has 2 N–H and O–H groups in total. The van der Waals surface area contributed by atoms with E-state index in [0.717, 1.165) is 25.9 Å². The molecule has 1 aliphatic rings. The van der Waals surface area contributed by atoms with E-state index in [4.69, 9.17) is 4.74 Å². The molecule has 0 spiro atoms. The number of nitrogens with one attached hydrogen (secondary N) is 2. The van der Waals surface area contributed by atoms with Gasteiger partial charge in [0.15, 0.2) is 0 Å². The van der Waals surface area contributed by atoms with Gasteiger partial charge in [-0.25, -0.2) is 0 Å². The topological polar surface area (TPSA) is 92.3 Å². The molecule has 1 saturated heterocycles. The average molecular weight is 294 g/mol. The molecule has 1 aliphatic heterocycles. The molecular weight excluding hydrogens is 272 g/mol. The summed E-state index contributed by atoms with van der Waals surface area (Å²) >= 11 is 0. The number of rotatable bonds is 6. The maximum absolute atomic E-state index is 12.3. The van der Waals surface area contributed by atoms with E-state index in [1.807, 2.05) is 18.7 Å². The van der Waals surface area contributed by atoms with Gasteiger partial charge in [-0.05, 0) is 26.7 Å². The van der Waals surface area contributed by atoms with Gasteiger partial charge in [-0.15, -0.1) is 0 Å². The molecule has 2 heterocycles. The second-order valence-electron chi connectivity index (χ2n) is 4.85. The Balaban J connectivity index is 2.06. The van der Waals surface area contributed by atoms with Crippen molar-refractivity contribution in [2.24, 2.45) is 0 Å². The van der Waals surface area contributed by atoms with Gasteiger partial charge >= 0.3 is 6.01 Å². The first-order chi connectivity index (χ1) is 10.1. The summed E-state index contributed by atoms with van der Waals surface area (Å²) in [5.41, 5.74) is 0. The fraction of sp³-hybridized carbons (Fsp3) is 0.692. The number of aromatic nitrogens is 3. The number of likely N-dealkylation sites (tertiary alicyclic amines) is 1. The molecule has 1 atom stereocenters. The van der Waals surface area contributed by atoms with E-state index < -0.39 is 0 Å². The summed E-state index contributed by atoms with van der Waals surface area (Å²) in [4.78, 5) is 26.5. The molecule has 21 heavy (non-hydrogen) atoms. The predicted octanol–water partition coefficient (Wildman–Crippen LogP) is 0.735. The van der Waals surface area contributed by atoms with Crippen LogP contribution in [0.3, 0.4) is 0 Å². The van der Waals surface area contributed by atoms with Crippen molar-refractivity contribution in [3.05, 3.63) is 0 Å². The lowest BCUT2D eigenvalue weighted by Gasteiger charge is -2.21. The normalized spacial score (nSPS) is 15.7. The molecule has 0 saturated carbocycles. The summed E-state index contributed by atoms with van der Waals surface area (Å²) in [6.07, 6.45) is 2.14. The van der Waals surface area contributed by atoms with Crippen LogP contribution in [0, 0.1) is 0 Å². The van der Waals surface area contributed by atoms with Crippen LogP contribution in [-0.4, -0.2) is 58.5 Å². The molecule has 1 aromatic rings. The highest BCUT2D eigenvalue weighted by atomic mass is 16.5. The monoisotopic (exact) mass is 294 g/mol. The third kappa shape index (κ3) is 3.93. The maximum atomic E-state index is 12.3. The molecule has 0 aliphatic carbocycles. The number of hydrogen-bond donors (Lipinski definition) is 2. The third-order valence-corrected chi connectivity index (χ3v) is 3.25. The summed E-state index contributed by atoms with van der Waals surface area (Å²) in [6, 6.07) is -0.148. The van der Waals surface area contributed by atoms with E-state index in [2.05, 4.69) is 25.6 Å². The van der Waals surface area contributed by atoms with Crippen molar-refractivity contribution < 1.29 is 9.53 Å². The molecule has 116 valence electrons. The standard InChI is InChI=1S/C13H22N6O2/c1-4-21-13-17-11(14-3)16-12(18-13)15-9(2)10(20)19-7-5-6-8-19/h9H,4-8H2,1-3H3,(H2,14,15,16,17,18). The van der Waals surface area contributed by atoms with Gasteiger partial charge in [0.25, 0.3) is 0 Å². The highest BCUT2D eigenvalue weighted by molar-refractivity contribution is 5.84. The fourth-order valence-corrected chi connectivity index (χ4v) is 2.19. The van der Waals surface area contributed by atoms with Crippen molar-refractivity contribution in [3.63, 3.8) is 0 Å². The Morgan fingerprint density at radius 3 is 2.57 bits per heavy atom. The fourth-order valence-electron chi connectivity index (χ4n) is 2.19. The number of hydrogen-bond acceptors (Lipinski definition) is 7. The maximum Gasteiger partial charge on any atom is 0.323 e. The van der Waals surface area contributed by atoms with Crippen molar-refractivity contribution in [1.82, 2.24) is 19.9 Å². The lowest BCUT2D eigenvalue weighted by atomic mass is 10.3.